The highest BCUT2D eigenvalue weighted by Gasteiger charge is 2.30. The average Bonchev–Trinajstić information content (AvgIpc) is 2.90. The van der Waals surface area contributed by atoms with Gasteiger partial charge < -0.3 is 24.4 Å². The van der Waals surface area contributed by atoms with E-state index < -0.39 is 6.04 Å². The van der Waals surface area contributed by atoms with E-state index >= 15 is 0 Å². The molecule has 0 unspecified atom stereocenters. The Morgan fingerprint density at radius 2 is 1.49 bits per heavy atom. The van der Waals surface area contributed by atoms with E-state index in [0.717, 1.165) is 16.7 Å². The van der Waals surface area contributed by atoms with E-state index in [0.29, 0.717) is 23.7 Å². The lowest BCUT2D eigenvalue weighted by Gasteiger charge is -2.31. The van der Waals surface area contributed by atoms with E-state index in [9.17, 15) is 9.59 Å². The van der Waals surface area contributed by atoms with Crippen LogP contribution in [0.4, 0.5) is 0 Å². The van der Waals surface area contributed by atoms with Crippen molar-refractivity contribution in [2.24, 2.45) is 0 Å². The second-order valence-corrected chi connectivity index (χ2v) is 8.10. The Morgan fingerprint density at radius 1 is 0.886 bits per heavy atom. The van der Waals surface area contributed by atoms with Crippen molar-refractivity contribution in [3.05, 3.63) is 89.5 Å². The van der Waals surface area contributed by atoms with Gasteiger partial charge >= 0.3 is 0 Å². The van der Waals surface area contributed by atoms with E-state index in [1.54, 1.807) is 44.4 Å². The van der Waals surface area contributed by atoms with Crippen LogP contribution < -0.4 is 19.5 Å². The van der Waals surface area contributed by atoms with Crippen LogP contribution in [0.3, 0.4) is 0 Å². The zero-order chi connectivity index (χ0) is 25.2. The first kappa shape index (κ1) is 25.6. The van der Waals surface area contributed by atoms with E-state index in [4.69, 9.17) is 14.2 Å². The van der Waals surface area contributed by atoms with E-state index in [2.05, 4.69) is 5.32 Å². The predicted molar refractivity (Wildman–Crippen MR) is 135 cm³/mol. The summed E-state index contributed by atoms with van der Waals surface area (Å²) in [5.41, 5.74) is 2.96. The Hall–Kier alpha value is -4.00. The molecule has 3 aromatic carbocycles. The topological polar surface area (TPSA) is 77.1 Å². The number of nitrogens with zero attached hydrogens (tertiary/aromatic N) is 1. The summed E-state index contributed by atoms with van der Waals surface area (Å²) >= 11 is 0. The Morgan fingerprint density at radius 3 is 2.09 bits per heavy atom. The molecule has 7 nitrogen and oxygen atoms in total. The molecule has 0 fully saturated rings. The highest BCUT2D eigenvalue weighted by molar-refractivity contribution is 5.88. The molecule has 1 N–H and O–H groups in total. The maximum atomic E-state index is 13.6. The number of amides is 2. The molecule has 3 rings (SSSR count). The molecule has 0 aromatic heterocycles. The fraction of sp³-hybridized carbons (Fsp3) is 0.286. The molecule has 0 radical (unpaired) electrons. The van der Waals surface area contributed by atoms with Crippen molar-refractivity contribution >= 4 is 11.8 Å². The first-order chi connectivity index (χ1) is 16.9. The van der Waals surface area contributed by atoms with Gasteiger partial charge in [-0.05, 0) is 23.6 Å². The fourth-order valence-electron chi connectivity index (χ4n) is 3.78. The molecule has 0 aliphatic carbocycles. The zero-order valence-corrected chi connectivity index (χ0v) is 20.6. The van der Waals surface area contributed by atoms with Crippen LogP contribution in [0.15, 0.2) is 72.8 Å². The van der Waals surface area contributed by atoms with E-state index in [-0.39, 0.29) is 25.0 Å². The quantitative estimate of drug-likeness (QED) is 0.456. The van der Waals surface area contributed by atoms with Crippen LogP contribution in [0.25, 0.3) is 0 Å². The van der Waals surface area contributed by atoms with Crippen molar-refractivity contribution in [3.8, 4) is 17.2 Å². The maximum absolute atomic E-state index is 13.6. The molecule has 7 heteroatoms. The van der Waals surface area contributed by atoms with Crippen molar-refractivity contribution in [2.45, 2.75) is 25.9 Å². The number of aryl methyl sites for hydroxylation is 1. The van der Waals surface area contributed by atoms with Gasteiger partial charge in [-0.1, -0.05) is 54.6 Å². The van der Waals surface area contributed by atoms with Crippen molar-refractivity contribution in [1.29, 1.82) is 0 Å². The number of hydrogen-bond acceptors (Lipinski definition) is 5. The van der Waals surface area contributed by atoms with Crippen LogP contribution in [-0.2, 0) is 22.6 Å². The van der Waals surface area contributed by atoms with Gasteiger partial charge in [-0.2, -0.15) is 0 Å². The van der Waals surface area contributed by atoms with Crippen molar-refractivity contribution in [1.82, 2.24) is 10.2 Å². The van der Waals surface area contributed by atoms with E-state index in [1.807, 2.05) is 61.5 Å². The molecule has 0 aliphatic heterocycles. The van der Waals surface area contributed by atoms with Gasteiger partial charge in [0.25, 0.3) is 5.91 Å². The summed E-state index contributed by atoms with van der Waals surface area (Å²) < 4.78 is 16.4. The number of carbonyl (C=O) groups excluding carboxylic acids is 2. The number of hydrogen-bond donors (Lipinski definition) is 1. The first-order valence-electron chi connectivity index (χ1n) is 11.4. The first-order valence-corrected chi connectivity index (χ1v) is 11.4. The minimum absolute atomic E-state index is 0.237. The summed E-state index contributed by atoms with van der Waals surface area (Å²) in [7, 11) is 4.67. The standard InChI is InChI=1S/C28H32N2O5/c1-20-10-8-9-13-22(20)18-30(26(28(32)29-2)14-21-11-6-5-7-12-21)27(31)19-35-25-16-23(33-3)15-24(17-25)34-4/h5-13,15-17,26H,14,18-19H2,1-4H3,(H,29,32)/t26-/m0/s1. The second kappa shape index (κ2) is 12.5. The smallest absolute Gasteiger partial charge is 0.261 e. The second-order valence-electron chi connectivity index (χ2n) is 8.10. The maximum Gasteiger partial charge on any atom is 0.261 e. The number of benzene rings is 3. The summed E-state index contributed by atoms with van der Waals surface area (Å²) in [6, 6.07) is 21.9. The van der Waals surface area contributed by atoms with Gasteiger partial charge in [-0.25, -0.2) is 0 Å². The minimum atomic E-state index is -0.710. The molecular formula is C28H32N2O5. The lowest BCUT2D eigenvalue weighted by Crippen LogP contribution is -2.51. The molecule has 184 valence electrons. The highest BCUT2D eigenvalue weighted by atomic mass is 16.5. The third kappa shape index (κ3) is 6.99. The van der Waals surface area contributed by atoms with Crippen molar-refractivity contribution < 1.29 is 23.8 Å². The van der Waals surface area contributed by atoms with Crippen LogP contribution >= 0.6 is 0 Å². The number of methoxy groups -OCH3 is 2. The summed E-state index contributed by atoms with van der Waals surface area (Å²) in [4.78, 5) is 28.1. The molecule has 1 atom stereocenters. The van der Waals surface area contributed by atoms with Gasteiger partial charge in [-0.15, -0.1) is 0 Å². The van der Waals surface area contributed by atoms with Gasteiger partial charge in [0, 0.05) is 38.2 Å². The molecule has 0 aliphatic rings. The number of carbonyl (C=O) groups is 2. The summed E-state index contributed by atoms with van der Waals surface area (Å²) in [6.07, 6.45) is 0.380. The molecule has 2 amide bonds. The molecule has 0 saturated carbocycles. The molecular weight excluding hydrogens is 444 g/mol. The number of likely N-dealkylation sites (N-methyl/N-ethyl adjacent to an activating group) is 1. The number of nitrogens with one attached hydrogen (secondary N) is 1. The molecule has 0 spiro atoms. The van der Waals surface area contributed by atoms with Crippen LogP contribution in [0.2, 0.25) is 0 Å². The molecule has 0 bridgehead atoms. The monoisotopic (exact) mass is 476 g/mol. The number of rotatable bonds is 11. The zero-order valence-electron chi connectivity index (χ0n) is 20.6. The van der Waals surface area contributed by atoms with Crippen LogP contribution in [0, 0.1) is 6.92 Å². The highest BCUT2D eigenvalue weighted by Crippen LogP contribution is 2.27. The lowest BCUT2D eigenvalue weighted by molar-refractivity contribution is -0.142. The lowest BCUT2D eigenvalue weighted by atomic mass is 10.0. The van der Waals surface area contributed by atoms with Crippen LogP contribution in [-0.4, -0.2) is 50.6 Å². The molecule has 0 saturated heterocycles. The minimum Gasteiger partial charge on any atom is -0.496 e. The van der Waals surface area contributed by atoms with Crippen LogP contribution in [0.1, 0.15) is 16.7 Å². The number of ether oxygens (including phenoxy) is 3. The Kier molecular flexibility index (Phi) is 9.12. The fourth-order valence-corrected chi connectivity index (χ4v) is 3.78. The van der Waals surface area contributed by atoms with Gasteiger partial charge in [0.05, 0.1) is 14.2 Å². The van der Waals surface area contributed by atoms with Gasteiger partial charge in [0.1, 0.15) is 23.3 Å². The summed E-state index contributed by atoms with van der Waals surface area (Å²) in [5, 5.41) is 2.72. The van der Waals surface area contributed by atoms with Gasteiger partial charge in [0.15, 0.2) is 6.61 Å². The Labute approximate surface area is 206 Å². The van der Waals surface area contributed by atoms with Crippen molar-refractivity contribution in [2.75, 3.05) is 27.9 Å². The van der Waals surface area contributed by atoms with E-state index in [1.165, 1.54) is 0 Å². The normalized spacial score (nSPS) is 11.3. The summed E-state index contributed by atoms with van der Waals surface area (Å²) in [6.45, 7) is 2.02. The van der Waals surface area contributed by atoms with Crippen LogP contribution in [0.5, 0.6) is 17.2 Å². The average molecular weight is 477 g/mol. The van der Waals surface area contributed by atoms with Gasteiger partial charge in [0.2, 0.25) is 5.91 Å². The third-order valence-corrected chi connectivity index (χ3v) is 5.81. The van der Waals surface area contributed by atoms with Gasteiger partial charge in [-0.3, -0.25) is 9.59 Å². The van der Waals surface area contributed by atoms with Crippen molar-refractivity contribution in [3.63, 3.8) is 0 Å². The largest absolute Gasteiger partial charge is 0.496 e. The Balaban J connectivity index is 1.89. The predicted octanol–water partition coefficient (Wildman–Crippen LogP) is 3.78. The summed E-state index contributed by atoms with van der Waals surface area (Å²) in [5.74, 6) is 0.995. The molecule has 3 aromatic rings. The SMILES string of the molecule is CNC(=O)[C@H](Cc1ccccc1)N(Cc1ccccc1C)C(=O)COc1cc(OC)cc(OC)c1. The third-order valence-electron chi connectivity index (χ3n) is 5.81. The molecule has 0 heterocycles. The Bertz CT molecular complexity index is 1110. The molecule has 35 heavy (non-hydrogen) atoms.